The van der Waals surface area contributed by atoms with Crippen molar-refractivity contribution in [3.63, 3.8) is 0 Å². The molecule has 1 amide bonds. The van der Waals surface area contributed by atoms with E-state index in [9.17, 15) is 9.90 Å². The average molecular weight is 264 g/mol. The maximum absolute atomic E-state index is 12.2. The zero-order chi connectivity index (χ0) is 13.9. The highest BCUT2D eigenvalue weighted by molar-refractivity contribution is 5.99. The van der Waals surface area contributed by atoms with E-state index in [0.717, 1.165) is 12.0 Å². The summed E-state index contributed by atoms with van der Waals surface area (Å²) in [6, 6.07) is 5.19. The summed E-state index contributed by atoms with van der Waals surface area (Å²) in [5, 5.41) is 12.5. The molecule has 5 heteroatoms. The Bertz CT molecular complexity index is 468. The van der Waals surface area contributed by atoms with Gasteiger partial charge in [-0.3, -0.25) is 4.79 Å². The van der Waals surface area contributed by atoms with Crippen molar-refractivity contribution < 1.29 is 14.6 Å². The number of phenols is 1. The van der Waals surface area contributed by atoms with Crippen molar-refractivity contribution in [2.45, 2.75) is 31.7 Å². The monoisotopic (exact) mass is 264 g/mol. The van der Waals surface area contributed by atoms with Gasteiger partial charge < -0.3 is 20.9 Å². The van der Waals surface area contributed by atoms with Crippen molar-refractivity contribution in [1.29, 1.82) is 0 Å². The standard InChI is InChI=1S/C14H20N2O3/c1-2-10-3-4-12(17)11(9-10)16-13(18)14(15)5-7-19-8-6-14/h3-4,9,17H,2,5-8,15H2,1H3,(H,16,18). The molecule has 0 unspecified atom stereocenters. The molecule has 1 heterocycles. The van der Waals surface area contributed by atoms with Crippen LogP contribution in [0.25, 0.3) is 0 Å². The summed E-state index contributed by atoms with van der Waals surface area (Å²) in [6.45, 7) is 3.00. The first-order valence-corrected chi connectivity index (χ1v) is 6.55. The van der Waals surface area contributed by atoms with Crippen molar-refractivity contribution in [1.82, 2.24) is 0 Å². The maximum Gasteiger partial charge on any atom is 0.244 e. The van der Waals surface area contributed by atoms with Gasteiger partial charge in [-0.1, -0.05) is 13.0 Å². The van der Waals surface area contributed by atoms with Crippen LogP contribution in [0.3, 0.4) is 0 Å². The van der Waals surface area contributed by atoms with Crippen LogP contribution >= 0.6 is 0 Å². The van der Waals surface area contributed by atoms with E-state index in [1.165, 1.54) is 0 Å². The molecule has 0 aromatic heterocycles. The number of carbonyl (C=O) groups is 1. The summed E-state index contributed by atoms with van der Waals surface area (Å²) in [6.07, 6.45) is 1.82. The number of phenolic OH excluding ortho intramolecular Hbond substituents is 1. The van der Waals surface area contributed by atoms with E-state index < -0.39 is 5.54 Å². The Morgan fingerprint density at radius 1 is 1.47 bits per heavy atom. The highest BCUT2D eigenvalue weighted by Gasteiger charge is 2.36. The SMILES string of the molecule is CCc1ccc(O)c(NC(=O)C2(N)CCOCC2)c1. The first-order valence-electron chi connectivity index (χ1n) is 6.55. The smallest absolute Gasteiger partial charge is 0.244 e. The molecule has 1 aliphatic rings. The fourth-order valence-electron chi connectivity index (χ4n) is 2.11. The fraction of sp³-hybridized carbons (Fsp3) is 0.500. The van der Waals surface area contributed by atoms with Gasteiger partial charge in [-0.2, -0.15) is 0 Å². The molecule has 0 aliphatic carbocycles. The molecular weight excluding hydrogens is 244 g/mol. The second kappa shape index (κ2) is 5.59. The normalized spacial score (nSPS) is 18.0. The molecule has 1 saturated heterocycles. The van der Waals surface area contributed by atoms with Crippen LogP contribution in [-0.2, 0) is 16.0 Å². The number of rotatable bonds is 3. The van der Waals surface area contributed by atoms with Crippen LogP contribution in [0.1, 0.15) is 25.3 Å². The fourth-order valence-corrected chi connectivity index (χ4v) is 2.11. The van der Waals surface area contributed by atoms with E-state index >= 15 is 0 Å². The summed E-state index contributed by atoms with van der Waals surface area (Å²) in [7, 11) is 0. The molecule has 19 heavy (non-hydrogen) atoms. The number of amides is 1. The number of carbonyl (C=O) groups excluding carboxylic acids is 1. The maximum atomic E-state index is 12.2. The van der Waals surface area contributed by atoms with Crippen LogP contribution in [0.15, 0.2) is 18.2 Å². The van der Waals surface area contributed by atoms with Crippen LogP contribution in [0.2, 0.25) is 0 Å². The lowest BCUT2D eigenvalue weighted by Gasteiger charge is -2.31. The van der Waals surface area contributed by atoms with Gasteiger partial charge in [0.25, 0.3) is 0 Å². The predicted octanol–water partition coefficient (Wildman–Crippen LogP) is 1.40. The first kappa shape index (κ1) is 13.8. The average Bonchev–Trinajstić information content (AvgIpc) is 2.42. The van der Waals surface area contributed by atoms with E-state index in [2.05, 4.69) is 5.32 Å². The Morgan fingerprint density at radius 2 is 2.16 bits per heavy atom. The number of anilines is 1. The van der Waals surface area contributed by atoms with Gasteiger partial charge in [0.05, 0.1) is 5.69 Å². The second-order valence-corrected chi connectivity index (χ2v) is 4.93. The molecular formula is C14H20N2O3. The van der Waals surface area contributed by atoms with E-state index in [1.54, 1.807) is 12.1 Å². The number of benzene rings is 1. The van der Waals surface area contributed by atoms with Gasteiger partial charge in [-0.25, -0.2) is 0 Å². The molecule has 1 aliphatic heterocycles. The van der Waals surface area contributed by atoms with Crippen molar-refractivity contribution >= 4 is 11.6 Å². The Kier molecular flexibility index (Phi) is 4.07. The minimum atomic E-state index is -0.910. The molecule has 0 atom stereocenters. The lowest BCUT2D eigenvalue weighted by atomic mass is 9.90. The molecule has 0 bridgehead atoms. The summed E-state index contributed by atoms with van der Waals surface area (Å²) in [5.74, 6) is -0.208. The molecule has 1 fully saturated rings. The second-order valence-electron chi connectivity index (χ2n) is 4.93. The number of ether oxygens (including phenoxy) is 1. The van der Waals surface area contributed by atoms with Crippen molar-refractivity contribution in [3.8, 4) is 5.75 Å². The quantitative estimate of drug-likeness (QED) is 0.720. The van der Waals surface area contributed by atoms with Gasteiger partial charge in [0, 0.05) is 13.2 Å². The highest BCUT2D eigenvalue weighted by atomic mass is 16.5. The van der Waals surface area contributed by atoms with E-state index in [-0.39, 0.29) is 11.7 Å². The van der Waals surface area contributed by atoms with Gasteiger partial charge in [0.2, 0.25) is 5.91 Å². The van der Waals surface area contributed by atoms with Crippen LogP contribution in [-0.4, -0.2) is 29.8 Å². The molecule has 1 aromatic carbocycles. The van der Waals surface area contributed by atoms with E-state index in [1.807, 2.05) is 13.0 Å². The third-order valence-electron chi connectivity index (χ3n) is 3.55. The minimum absolute atomic E-state index is 0.0567. The Morgan fingerprint density at radius 3 is 2.79 bits per heavy atom. The molecule has 0 spiro atoms. The summed E-state index contributed by atoms with van der Waals surface area (Å²) in [4.78, 5) is 12.2. The zero-order valence-corrected chi connectivity index (χ0v) is 11.1. The Labute approximate surface area is 112 Å². The number of aromatic hydroxyl groups is 1. The van der Waals surface area contributed by atoms with Crippen LogP contribution in [0.4, 0.5) is 5.69 Å². The Balaban J connectivity index is 2.14. The lowest BCUT2D eigenvalue weighted by Crippen LogP contribution is -2.54. The molecule has 0 radical (unpaired) electrons. The summed E-state index contributed by atoms with van der Waals surface area (Å²) in [5.41, 5.74) is 6.65. The number of aryl methyl sites for hydroxylation is 1. The predicted molar refractivity (Wildman–Crippen MR) is 73.1 cm³/mol. The Hall–Kier alpha value is -1.59. The number of nitrogens with one attached hydrogen (secondary N) is 1. The van der Waals surface area contributed by atoms with E-state index in [4.69, 9.17) is 10.5 Å². The van der Waals surface area contributed by atoms with Crippen LogP contribution < -0.4 is 11.1 Å². The minimum Gasteiger partial charge on any atom is -0.506 e. The van der Waals surface area contributed by atoms with Gasteiger partial charge >= 0.3 is 0 Å². The van der Waals surface area contributed by atoms with Crippen molar-refractivity contribution in [2.24, 2.45) is 5.73 Å². The number of nitrogens with two attached hydrogens (primary N) is 1. The molecule has 104 valence electrons. The first-order chi connectivity index (χ1) is 9.05. The third kappa shape index (κ3) is 3.05. The van der Waals surface area contributed by atoms with Crippen LogP contribution in [0.5, 0.6) is 5.75 Å². The van der Waals surface area contributed by atoms with Crippen molar-refractivity contribution in [2.75, 3.05) is 18.5 Å². The zero-order valence-electron chi connectivity index (χ0n) is 11.1. The largest absolute Gasteiger partial charge is 0.506 e. The van der Waals surface area contributed by atoms with Gasteiger partial charge in [0.15, 0.2) is 0 Å². The number of hydrogen-bond acceptors (Lipinski definition) is 4. The van der Waals surface area contributed by atoms with Crippen molar-refractivity contribution in [3.05, 3.63) is 23.8 Å². The lowest BCUT2D eigenvalue weighted by molar-refractivity contribution is -0.124. The summed E-state index contributed by atoms with van der Waals surface area (Å²) < 4.78 is 5.22. The summed E-state index contributed by atoms with van der Waals surface area (Å²) >= 11 is 0. The molecule has 1 aromatic rings. The molecule has 5 nitrogen and oxygen atoms in total. The molecule has 0 saturated carbocycles. The number of hydrogen-bond donors (Lipinski definition) is 3. The third-order valence-corrected chi connectivity index (χ3v) is 3.55. The van der Waals surface area contributed by atoms with E-state index in [0.29, 0.717) is 31.7 Å². The van der Waals surface area contributed by atoms with Crippen LogP contribution in [0, 0.1) is 0 Å². The van der Waals surface area contributed by atoms with Gasteiger partial charge in [-0.15, -0.1) is 0 Å². The van der Waals surface area contributed by atoms with Gasteiger partial charge in [0.1, 0.15) is 11.3 Å². The van der Waals surface area contributed by atoms with Gasteiger partial charge in [-0.05, 0) is 37.0 Å². The highest BCUT2D eigenvalue weighted by Crippen LogP contribution is 2.27. The molecule has 4 N–H and O–H groups in total. The topological polar surface area (TPSA) is 84.6 Å². The molecule has 2 rings (SSSR count).